The number of nitrogens with zero attached hydrogens (tertiary/aromatic N) is 1. The monoisotopic (exact) mass is 205 g/mol. The second-order valence-corrected chi connectivity index (χ2v) is 3.26. The Morgan fingerprint density at radius 2 is 2.42 bits per heavy atom. The van der Waals surface area contributed by atoms with Crippen LogP contribution in [-0.2, 0) is 0 Å². The lowest BCUT2D eigenvalue weighted by molar-refractivity contribution is 0.250. The third-order valence-corrected chi connectivity index (χ3v) is 2.46. The lowest BCUT2D eigenvalue weighted by atomic mass is 10.5. The molecular weight excluding hydrogens is 198 g/mol. The van der Waals surface area contributed by atoms with Crippen LogP contribution in [0.3, 0.4) is 0 Å². The number of primary amides is 1. The Morgan fingerprint density at radius 3 is 3.00 bits per heavy atom. The Balaban J connectivity index is 0.000000720. The lowest BCUT2D eigenvalue weighted by Crippen LogP contribution is -2.17. The second kappa shape index (κ2) is 3.28. The number of halogens is 1. The molecule has 6 heteroatoms. The van der Waals surface area contributed by atoms with E-state index in [1.54, 1.807) is 24.2 Å². The van der Waals surface area contributed by atoms with Gasteiger partial charge in [0.1, 0.15) is 0 Å². The third kappa shape index (κ3) is 1.37. The van der Waals surface area contributed by atoms with Gasteiger partial charge in [-0.2, -0.15) is 0 Å². The lowest BCUT2D eigenvalue weighted by Gasteiger charge is -1.94. The van der Waals surface area contributed by atoms with Gasteiger partial charge in [0.05, 0.1) is 16.5 Å². The summed E-state index contributed by atoms with van der Waals surface area (Å²) < 4.78 is 1.38. The van der Waals surface area contributed by atoms with Crippen LogP contribution in [0.15, 0.2) is 17.3 Å². The standard InChI is InChI=1S/C6H7N3OS.ClH/c7-6(10)9-1-4-5(2-9)11-3-8-4;/h1-2,8H,3H2,(H2,7,10);1H. The summed E-state index contributed by atoms with van der Waals surface area (Å²) in [5.74, 6) is 0.879. The summed E-state index contributed by atoms with van der Waals surface area (Å²) in [4.78, 5) is 11.7. The average molecular weight is 206 g/mol. The Kier molecular flexibility index (Phi) is 2.54. The van der Waals surface area contributed by atoms with Crippen LogP contribution in [0, 0.1) is 0 Å². The van der Waals surface area contributed by atoms with Crippen molar-refractivity contribution < 1.29 is 4.79 Å². The summed E-state index contributed by atoms with van der Waals surface area (Å²) in [7, 11) is 0. The summed E-state index contributed by atoms with van der Waals surface area (Å²) >= 11 is 1.67. The Labute approximate surface area is 79.9 Å². The molecule has 66 valence electrons. The molecular formula is C6H8ClN3OS. The number of amides is 1. The van der Waals surface area contributed by atoms with Gasteiger partial charge in [-0.25, -0.2) is 4.79 Å². The van der Waals surface area contributed by atoms with E-state index in [0.717, 1.165) is 16.5 Å². The first-order chi connectivity index (χ1) is 5.27. The third-order valence-electron chi connectivity index (χ3n) is 1.53. The van der Waals surface area contributed by atoms with Crippen LogP contribution in [0.4, 0.5) is 10.5 Å². The maximum absolute atomic E-state index is 10.7. The second-order valence-electron chi connectivity index (χ2n) is 2.25. The van der Waals surface area contributed by atoms with Gasteiger partial charge in [-0.3, -0.25) is 4.57 Å². The molecule has 2 heterocycles. The zero-order valence-electron chi connectivity index (χ0n) is 6.11. The van der Waals surface area contributed by atoms with Crippen LogP contribution in [0.2, 0.25) is 0 Å². The number of nitrogens with two attached hydrogens (primary N) is 1. The first-order valence-electron chi connectivity index (χ1n) is 3.16. The van der Waals surface area contributed by atoms with Gasteiger partial charge in [0.15, 0.2) is 0 Å². The number of hydrogen-bond acceptors (Lipinski definition) is 3. The number of thioether (sulfide) groups is 1. The van der Waals surface area contributed by atoms with E-state index in [0.29, 0.717) is 0 Å². The van der Waals surface area contributed by atoms with Crippen LogP contribution in [-0.4, -0.2) is 16.5 Å². The van der Waals surface area contributed by atoms with E-state index in [4.69, 9.17) is 5.73 Å². The molecule has 1 aromatic rings. The quantitative estimate of drug-likeness (QED) is 0.672. The predicted octanol–water partition coefficient (Wildman–Crippen LogP) is 1.31. The van der Waals surface area contributed by atoms with Crippen molar-refractivity contribution in [3.05, 3.63) is 12.4 Å². The number of aromatic nitrogens is 1. The Bertz CT molecular complexity index is 290. The molecule has 0 aromatic carbocycles. The topological polar surface area (TPSA) is 60.1 Å². The maximum Gasteiger partial charge on any atom is 0.323 e. The number of carbonyl (C=O) groups is 1. The van der Waals surface area contributed by atoms with Crippen molar-refractivity contribution in [1.29, 1.82) is 0 Å². The van der Waals surface area contributed by atoms with Gasteiger partial charge >= 0.3 is 6.03 Å². The maximum atomic E-state index is 10.7. The Morgan fingerprint density at radius 1 is 1.67 bits per heavy atom. The van der Waals surface area contributed by atoms with E-state index in [2.05, 4.69) is 5.32 Å². The Hall–Kier alpha value is -0.810. The normalized spacial score (nSPS) is 13.0. The molecule has 0 atom stereocenters. The largest absolute Gasteiger partial charge is 0.374 e. The fraction of sp³-hybridized carbons (Fsp3) is 0.167. The van der Waals surface area contributed by atoms with Gasteiger partial charge in [-0.15, -0.1) is 24.2 Å². The number of nitrogens with one attached hydrogen (secondary N) is 1. The summed E-state index contributed by atoms with van der Waals surface area (Å²) in [6.07, 6.45) is 3.44. The SMILES string of the molecule is Cl.NC(=O)n1cc2c(c1)SCN2. The number of fused-ring (bicyclic) bond motifs is 1. The van der Waals surface area contributed by atoms with Gasteiger partial charge in [0.25, 0.3) is 0 Å². The fourth-order valence-corrected chi connectivity index (χ4v) is 1.85. The highest BCUT2D eigenvalue weighted by Crippen LogP contribution is 2.33. The number of rotatable bonds is 0. The van der Waals surface area contributed by atoms with Crippen molar-refractivity contribution in [2.45, 2.75) is 4.90 Å². The molecule has 1 aromatic heterocycles. The fourth-order valence-electron chi connectivity index (χ4n) is 1.00. The summed E-state index contributed by atoms with van der Waals surface area (Å²) in [6.45, 7) is 0. The molecule has 0 radical (unpaired) electrons. The average Bonchev–Trinajstić information content (AvgIpc) is 2.40. The van der Waals surface area contributed by atoms with E-state index in [1.807, 2.05) is 0 Å². The van der Waals surface area contributed by atoms with E-state index < -0.39 is 6.03 Å². The van der Waals surface area contributed by atoms with E-state index in [1.165, 1.54) is 4.57 Å². The van der Waals surface area contributed by atoms with Gasteiger partial charge < -0.3 is 11.1 Å². The molecule has 0 aliphatic carbocycles. The number of anilines is 1. The van der Waals surface area contributed by atoms with Crippen LogP contribution < -0.4 is 11.1 Å². The molecule has 0 bridgehead atoms. The van der Waals surface area contributed by atoms with Crippen LogP contribution in [0.5, 0.6) is 0 Å². The molecule has 2 rings (SSSR count). The van der Waals surface area contributed by atoms with Crippen molar-refractivity contribution >= 4 is 35.9 Å². The molecule has 0 unspecified atom stereocenters. The molecule has 3 N–H and O–H groups in total. The van der Waals surface area contributed by atoms with Crippen molar-refractivity contribution in [3.8, 4) is 0 Å². The molecule has 0 saturated heterocycles. The highest BCUT2D eigenvalue weighted by Gasteiger charge is 2.14. The minimum absolute atomic E-state index is 0. The minimum Gasteiger partial charge on any atom is -0.374 e. The van der Waals surface area contributed by atoms with E-state index in [9.17, 15) is 4.79 Å². The highest BCUT2D eigenvalue weighted by molar-refractivity contribution is 7.99. The first kappa shape index (κ1) is 9.28. The van der Waals surface area contributed by atoms with Crippen molar-refractivity contribution in [2.24, 2.45) is 5.73 Å². The molecule has 1 amide bonds. The summed E-state index contributed by atoms with van der Waals surface area (Å²) in [5, 5.41) is 3.11. The van der Waals surface area contributed by atoms with Gasteiger partial charge in [-0.1, -0.05) is 0 Å². The van der Waals surface area contributed by atoms with Crippen LogP contribution in [0.25, 0.3) is 0 Å². The van der Waals surface area contributed by atoms with Crippen molar-refractivity contribution in [1.82, 2.24) is 4.57 Å². The zero-order chi connectivity index (χ0) is 7.84. The van der Waals surface area contributed by atoms with Crippen LogP contribution in [0.1, 0.15) is 0 Å². The van der Waals surface area contributed by atoms with E-state index in [-0.39, 0.29) is 12.4 Å². The molecule has 0 fully saturated rings. The molecule has 12 heavy (non-hydrogen) atoms. The first-order valence-corrected chi connectivity index (χ1v) is 4.14. The van der Waals surface area contributed by atoms with Crippen molar-refractivity contribution in [2.75, 3.05) is 11.2 Å². The molecule has 1 aliphatic rings. The van der Waals surface area contributed by atoms with Gasteiger partial charge in [-0.05, 0) is 0 Å². The number of carbonyl (C=O) groups excluding carboxylic acids is 1. The number of hydrogen-bond donors (Lipinski definition) is 2. The van der Waals surface area contributed by atoms with Crippen LogP contribution >= 0.6 is 24.2 Å². The molecule has 4 nitrogen and oxygen atoms in total. The molecule has 0 saturated carbocycles. The summed E-state index contributed by atoms with van der Waals surface area (Å²) in [6, 6.07) is -0.443. The minimum atomic E-state index is -0.443. The molecule has 1 aliphatic heterocycles. The van der Waals surface area contributed by atoms with Crippen molar-refractivity contribution in [3.63, 3.8) is 0 Å². The zero-order valence-corrected chi connectivity index (χ0v) is 7.74. The van der Waals surface area contributed by atoms with Gasteiger partial charge in [0.2, 0.25) is 0 Å². The smallest absolute Gasteiger partial charge is 0.323 e. The predicted molar refractivity (Wildman–Crippen MR) is 51.0 cm³/mol. The molecule has 0 spiro atoms. The highest BCUT2D eigenvalue weighted by atomic mass is 35.5. The van der Waals surface area contributed by atoms with Gasteiger partial charge in [0, 0.05) is 12.4 Å². The van der Waals surface area contributed by atoms with E-state index >= 15 is 0 Å². The summed E-state index contributed by atoms with van der Waals surface area (Å²) in [5.41, 5.74) is 6.06.